The summed E-state index contributed by atoms with van der Waals surface area (Å²) >= 11 is 11.1. The average Bonchev–Trinajstić information content (AvgIpc) is 2.88. The van der Waals surface area contributed by atoms with Crippen LogP contribution in [0.3, 0.4) is 0 Å². The van der Waals surface area contributed by atoms with E-state index in [0.29, 0.717) is 11.4 Å². The number of Topliss-reactive ketones (excluding diaryl/α,β-unsaturated/α-hetero) is 1. The van der Waals surface area contributed by atoms with E-state index in [4.69, 9.17) is 11.6 Å². The van der Waals surface area contributed by atoms with Crippen LogP contribution in [0.1, 0.15) is 20.8 Å². The first-order valence-corrected chi connectivity index (χ1v) is 7.47. The van der Waals surface area contributed by atoms with Crippen LogP contribution < -0.4 is 0 Å². The summed E-state index contributed by atoms with van der Waals surface area (Å²) in [5, 5.41) is 2.68. The van der Waals surface area contributed by atoms with Crippen LogP contribution in [0.15, 0.2) is 39.7 Å². The van der Waals surface area contributed by atoms with Gasteiger partial charge in [0, 0.05) is 37.3 Å². The minimum atomic E-state index is 0.0945. The lowest BCUT2D eigenvalue weighted by Crippen LogP contribution is -1.94. The molecule has 1 nitrogen and oxygen atoms in total. The third kappa shape index (κ3) is 2.07. The highest BCUT2D eigenvalue weighted by Gasteiger charge is 2.26. The fourth-order valence-corrected chi connectivity index (χ4v) is 3.73. The molecule has 1 aliphatic rings. The molecule has 4 heteroatoms. The first-order chi connectivity index (χ1) is 8.65. The molecule has 0 saturated heterocycles. The Hall–Kier alpha value is -0.900. The molecule has 0 spiro atoms. The summed E-state index contributed by atoms with van der Waals surface area (Å²) in [6, 6.07) is 7.51. The van der Waals surface area contributed by atoms with Gasteiger partial charge in [-0.05, 0) is 39.7 Å². The molecule has 3 rings (SSSR count). The number of rotatable bonds is 1. The van der Waals surface area contributed by atoms with Crippen LogP contribution in [0.4, 0.5) is 0 Å². The number of carbonyl (C=O) groups excluding carboxylic acids is 1. The fraction of sp³-hybridized carbons (Fsp3) is 0.0714. The van der Waals surface area contributed by atoms with Crippen molar-refractivity contribution in [2.45, 2.75) is 6.42 Å². The van der Waals surface area contributed by atoms with Crippen molar-refractivity contribution in [1.29, 1.82) is 0 Å². The van der Waals surface area contributed by atoms with Crippen LogP contribution in [0, 0.1) is 0 Å². The van der Waals surface area contributed by atoms with E-state index in [-0.39, 0.29) is 5.78 Å². The van der Waals surface area contributed by atoms with Crippen LogP contribution in [-0.2, 0) is 6.42 Å². The molecule has 0 atom stereocenters. The maximum atomic E-state index is 12.2. The van der Waals surface area contributed by atoms with Crippen molar-refractivity contribution in [2.24, 2.45) is 0 Å². The van der Waals surface area contributed by atoms with Crippen molar-refractivity contribution in [3.8, 4) is 0 Å². The number of carbonyl (C=O) groups is 1. The van der Waals surface area contributed by atoms with Crippen LogP contribution in [-0.4, -0.2) is 5.78 Å². The minimum absolute atomic E-state index is 0.0945. The zero-order chi connectivity index (χ0) is 12.7. The van der Waals surface area contributed by atoms with E-state index in [0.717, 1.165) is 26.0 Å². The highest BCUT2D eigenvalue weighted by molar-refractivity contribution is 9.10. The SMILES string of the molecule is O=C1C(=Cc2cc(Br)cs2)Cc2c(Cl)cccc21. The van der Waals surface area contributed by atoms with E-state index < -0.39 is 0 Å². The maximum absolute atomic E-state index is 12.2. The summed E-state index contributed by atoms with van der Waals surface area (Å²) < 4.78 is 1.04. The molecular formula is C14H8BrClOS. The second-order valence-corrected chi connectivity index (χ2v) is 6.37. The van der Waals surface area contributed by atoms with Gasteiger partial charge >= 0.3 is 0 Å². The van der Waals surface area contributed by atoms with Gasteiger partial charge in [-0.25, -0.2) is 0 Å². The molecule has 0 amide bonds. The van der Waals surface area contributed by atoms with Crippen molar-refractivity contribution in [2.75, 3.05) is 0 Å². The summed E-state index contributed by atoms with van der Waals surface area (Å²) in [7, 11) is 0. The van der Waals surface area contributed by atoms with Gasteiger partial charge in [-0.2, -0.15) is 0 Å². The molecular weight excluding hydrogens is 332 g/mol. The maximum Gasteiger partial charge on any atom is 0.189 e. The van der Waals surface area contributed by atoms with E-state index in [9.17, 15) is 4.79 Å². The summed E-state index contributed by atoms with van der Waals surface area (Å²) in [5.74, 6) is 0.0945. The Morgan fingerprint density at radius 2 is 2.22 bits per heavy atom. The van der Waals surface area contributed by atoms with Crippen molar-refractivity contribution >= 4 is 50.7 Å². The van der Waals surface area contributed by atoms with Gasteiger partial charge in [0.25, 0.3) is 0 Å². The zero-order valence-corrected chi connectivity index (χ0v) is 12.4. The van der Waals surface area contributed by atoms with Crippen LogP contribution in [0.2, 0.25) is 5.02 Å². The Bertz CT molecular complexity index is 672. The van der Waals surface area contributed by atoms with Crippen molar-refractivity contribution in [3.05, 3.63) is 60.7 Å². The predicted molar refractivity (Wildman–Crippen MR) is 79.5 cm³/mol. The van der Waals surface area contributed by atoms with E-state index >= 15 is 0 Å². The Kier molecular flexibility index (Phi) is 3.14. The molecule has 0 bridgehead atoms. The van der Waals surface area contributed by atoms with Crippen molar-refractivity contribution in [1.82, 2.24) is 0 Å². The number of halogens is 2. The second-order valence-electron chi connectivity index (χ2n) is 4.11. The third-order valence-electron chi connectivity index (χ3n) is 2.93. The normalized spacial score (nSPS) is 16.3. The molecule has 1 heterocycles. The predicted octanol–water partition coefficient (Wildman–Crippen LogP) is 4.99. The van der Waals surface area contributed by atoms with Gasteiger partial charge in [0.05, 0.1) is 0 Å². The molecule has 2 aromatic rings. The zero-order valence-electron chi connectivity index (χ0n) is 9.24. The highest BCUT2D eigenvalue weighted by atomic mass is 79.9. The number of thiophene rings is 1. The summed E-state index contributed by atoms with van der Waals surface area (Å²) in [4.78, 5) is 13.3. The summed E-state index contributed by atoms with van der Waals surface area (Å²) in [5.41, 5.74) is 2.50. The number of fused-ring (bicyclic) bond motifs is 1. The van der Waals surface area contributed by atoms with Gasteiger partial charge in [-0.15, -0.1) is 11.3 Å². The molecule has 0 fully saturated rings. The number of ketones is 1. The molecule has 1 aliphatic carbocycles. The number of allylic oxidation sites excluding steroid dienone is 1. The van der Waals surface area contributed by atoms with Gasteiger partial charge in [0.15, 0.2) is 5.78 Å². The standard InChI is InChI=1S/C14H8BrClOS/c15-9-6-10(18-7-9)4-8-5-12-11(14(8)17)2-1-3-13(12)16/h1-4,6-7H,5H2. The lowest BCUT2D eigenvalue weighted by molar-refractivity contribution is 0.104. The van der Waals surface area contributed by atoms with Gasteiger partial charge < -0.3 is 0 Å². The minimum Gasteiger partial charge on any atom is -0.289 e. The average molecular weight is 340 g/mol. The van der Waals surface area contributed by atoms with Crippen molar-refractivity contribution < 1.29 is 4.79 Å². The number of benzene rings is 1. The summed E-state index contributed by atoms with van der Waals surface area (Å²) in [6.45, 7) is 0. The topological polar surface area (TPSA) is 17.1 Å². The molecule has 0 radical (unpaired) electrons. The third-order valence-corrected chi connectivity index (χ3v) is 4.92. The van der Waals surface area contributed by atoms with E-state index in [1.165, 1.54) is 0 Å². The van der Waals surface area contributed by atoms with Crippen LogP contribution >= 0.6 is 38.9 Å². The van der Waals surface area contributed by atoms with Gasteiger partial charge in [-0.1, -0.05) is 23.7 Å². The molecule has 0 saturated carbocycles. The molecule has 1 aromatic carbocycles. The Balaban J connectivity index is 2.02. The lowest BCUT2D eigenvalue weighted by Gasteiger charge is -1.97. The van der Waals surface area contributed by atoms with Crippen LogP contribution in [0.25, 0.3) is 6.08 Å². The smallest absolute Gasteiger partial charge is 0.189 e. The van der Waals surface area contributed by atoms with Gasteiger partial charge in [0.2, 0.25) is 0 Å². The first-order valence-electron chi connectivity index (χ1n) is 5.42. The summed E-state index contributed by atoms with van der Waals surface area (Å²) in [6.07, 6.45) is 2.58. The Morgan fingerprint density at radius 1 is 1.39 bits per heavy atom. The molecule has 0 unspecified atom stereocenters. The van der Waals surface area contributed by atoms with Gasteiger partial charge in [0.1, 0.15) is 0 Å². The molecule has 1 aromatic heterocycles. The molecule has 0 aliphatic heterocycles. The van der Waals surface area contributed by atoms with Crippen molar-refractivity contribution in [3.63, 3.8) is 0 Å². The quantitative estimate of drug-likeness (QED) is 0.669. The Labute approximate surface area is 122 Å². The number of hydrogen-bond donors (Lipinski definition) is 0. The fourth-order valence-electron chi connectivity index (χ4n) is 2.09. The van der Waals surface area contributed by atoms with E-state index in [2.05, 4.69) is 15.9 Å². The monoisotopic (exact) mass is 338 g/mol. The number of hydrogen-bond acceptors (Lipinski definition) is 2. The molecule has 0 N–H and O–H groups in total. The second kappa shape index (κ2) is 4.65. The first kappa shape index (κ1) is 12.2. The largest absolute Gasteiger partial charge is 0.289 e. The lowest BCUT2D eigenvalue weighted by atomic mass is 10.1. The van der Waals surface area contributed by atoms with E-state index in [1.807, 2.05) is 35.7 Å². The highest BCUT2D eigenvalue weighted by Crippen LogP contribution is 2.33. The van der Waals surface area contributed by atoms with Crippen LogP contribution in [0.5, 0.6) is 0 Å². The van der Waals surface area contributed by atoms with Gasteiger partial charge in [-0.3, -0.25) is 4.79 Å². The van der Waals surface area contributed by atoms with E-state index in [1.54, 1.807) is 11.3 Å². The Morgan fingerprint density at radius 3 is 2.89 bits per heavy atom. The molecule has 90 valence electrons. The molecule has 18 heavy (non-hydrogen) atoms.